The van der Waals surface area contributed by atoms with Crippen molar-refractivity contribution in [1.82, 2.24) is 0 Å². The van der Waals surface area contributed by atoms with Crippen molar-refractivity contribution < 1.29 is 19.7 Å². The van der Waals surface area contributed by atoms with E-state index in [-0.39, 0.29) is 23.9 Å². The van der Waals surface area contributed by atoms with Crippen molar-refractivity contribution >= 4 is 5.97 Å². The molecule has 1 saturated carbocycles. The largest absolute Gasteiger partial charge is 0.462 e. The number of cyclic esters (lactones) is 1. The van der Waals surface area contributed by atoms with Gasteiger partial charge >= 0.3 is 5.97 Å². The molecular weight excluding hydrogens is 328 g/mol. The van der Waals surface area contributed by atoms with Gasteiger partial charge < -0.3 is 14.9 Å². The Labute approximate surface area is 157 Å². The van der Waals surface area contributed by atoms with Gasteiger partial charge in [0.25, 0.3) is 0 Å². The molecule has 26 heavy (non-hydrogen) atoms. The van der Waals surface area contributed by atoms with Crippen molar-refractivity contribution in [3.63, 3.8) is 0 Å². The Morgan fingerprint density at radius 1 is 1.23 bits per heavy atom. The van der Waals surface area contributed by atoms with Crippen LogP contribution in [0.15, 0.2) is 36.5 Å². The van der Waals surface area contributed by atoms with Crippen molar-refractivity contribution in [2.75, 3.05) is 0 Å². The molecule has 0 amide bonds. The third-order valence-electron chi connectivity index (χ3n) is 5.19. The van der Waals surface area contributed by atoms with Gasteiger partial charge in [-0.15, -0.1) is 0 Å². The number of rotatable bonds is 10. The third-order valence-corrected chi connectivity index (χ3v) is 5.19. The number of aliphatic hydroxyl groups is 2. The second kappa shape index (κ2) is 11.3. The fourth-order valence-electron chi connectivity index (χ4n) is 3.47. The van der Waals surface area contributed by atoms with Gasteiger partial charge in [-0.2, -0.15) is 0 Å². The molecular formula is C22H34O4. The van der Waals surface area contributed by atoms with E-state index in [1.165, 1.54) is 19.3 Å². The molecule has 0 bridgehead atoms. The number of carbonyl (C=O) groups is 1. The van der Waals surface area contributed by atoms with Gasteiger partial charge in [-0.25, -0.2) is 0 Å². The SMILES string of the molecule is CCCCC/C=C\C[C@H](O)/C=C/C(O)[C@@H]1C[C@H]1[C@H]1C/C=C\CCC(=O)O1. The van der Waals surface area contributed by atoms with Gasteiger partial charge in [0.1, 0.15) is 6.10 Å². The Bertz CT molecular complexity index is 508. The first kappa shape index (κ1) is 20.9. The van der Waals surface area contributed by atoms with Gasteiger partial charge in [-0.3, -0.25) is 4.79 Å². The molecule has 0 radical (unpaired) electrons. The first-order valence-corrected chi connectivity index (χ1v) is 10.2. The molecule has 2 rings (SSSR count). The highest BCUT2D eigenvalue weighted by Gasteiger charge is 2.47. The summed E-state index contributed by atoms with van der Waals surface area (Å²) in [4.78, 5) is 11.7. The topological polar surface area (TPSA) is 66.8 Å². The predicted molar refractivity (Wildman–Crippen MR) is 104 cm³/mol. The van der Waals surface area contributed by atoms with E-state index in [1.807, 2.05) is 12.2 Å². The second-order valence-electron chi connectivity index (χ2n) is 7.48. The Morgan fingerprint density at radius 2 is 2.08 bits per heavy atom. The van der Waals surface area contributed by atoms with Crippen LogP contribution in [0.4, 0.5) is 0 Å². The highest BCUT2D eigenvalue weighted by Crippen LogP contribution is 2.46. The summed E-state index contributed by atoms with van der Waals surface area (Å²) in [7, 11) is 0. The number of aliphatic hydroxyl groups excluding tert-OH is 2. The molecule has 0 aromatic carbocycles. The van der Waals surface area contributed by atoms with Crippen LogP contribution >= 0.6 is 0 Å². The average molecular weight is 363 g/mol. The number of hydrogen-bond donors (Lipinski definition) is 2. The summed E-state index contributed by atoms with van der Waals surface area (Å²) in [6, 6.07) is 0. The molecule has 4 nitrogen and oxygen atoms in total. The van der Waals surface area contributed by atoms with E-state index >= 15 is 0 Å². The fourth-order valence-corrected chi connectivity index (χ4v) is 3.47. The summed E-state index contributed by atoms with van der Waals surface area (Å²) in [5, 5.41) is 20.3. The van der Waals surface area contributed by atoms with Crippen LogP contribution in [-0.2, 0) is 9.53 Å². The monoisotopic (exact) mass is 362 g/mol. The Morgan fingerprint density at radius 3 is 2.88 bits per heavy atom. The number of carbonyl (C=O) groups excluding carboxylic acids is 1. The molecule has 2 aliphatic rings. The molecule has 0 aromatic rings. The van der Waals surface area contributed by atoms with E-state index < -0.39 is 12.2 Å². The van der Waals surface area contributed by atoms with Crippen molar-refractivity contribution in [3.05, 3.63) is 36.5 Å². The van der Waals surface area contributed by atoms with Gasteiger partial charge in [-0.1, -0.05) is 56.2 Å². The van der Waals surface area contributed by atoms with Crippen LogP contribution in [0.3, 0.4) is 0 Å². The van der Waals surface area contributed by atoms with Crippen LogP contribution < -0.4 is 0 Å². The van der Waals surface area contributed by atoms with E-state index in [0.717, 1.165) is 25.7 Å². The zero-order valence-electron chi connectivity index (χ0n) is 15.9. The van der Waals surface area contributed by atoms with Crippen molar-refractivity contribution in [2.24, 2.45) is 11.8 Å². The molecule has 5 atom stereocenters. The zero-order valence-corrected chi connectivity index (χ0v) is 15.9. The maximum Gasteiger partial charge on any atom is 0.306 e. The van der Waals surface area contributed by atoms with E-state index in [0.29, 0.717) is 12.8 Å². The highest BCUT2D eigenvalue weighted by molar-refractivity contribution is 5.70. The minimum Gasteiger partial charge on any atom is -0.462 e. The van der Waals surface area contributed by atoms with Crippen LogP contribution in [0, 0.1) is 11.8 Å². The lowest BCUT2D eigenvalue weighted by atomic mass is 10.0. The number of hydrogen-bond acceptors (Lipinski definition) is 4. The van der Waals surface area contributed by atoms with E-state index in [9.17, 15) is 15.0 Å². The molecule has 0 saturated heterocycles. The molecule has 0 aromatic heterocycles. The molecule has 146 valence electrons. The average Bonchev–Trinajstić information content (AvgIpc) is 3.39. The van der Waals surface area contributed by atoms with Crippen LogP contribution in [-0.4, -0.2) is 34.5 Å². The molecule has 4 heteroatoms. The zero-order chi connectivity index (χ0) is 18.8. The van der Waals surface area contributed by atoms with Gasteiger partial charge in [-0.05, 0) is 38.0 Å². The Balaban J connectivity index is 1.70. The van der Waals surface area contributed by atoms with Crippen molar-refractivity contribution in [2.45, 2.75) is 83.0 Å². The summed E-state index contributed by atoms with van der Waals surface area (Å²) in [5.41, 5.74) is 0. The van der Waals surface area contributed by atoms with Crippen LogP contribution in [0.2, 0.25) is 0 Å². The molecule has 1 aliphatic heterocycles. The quantitative estimate of drug-likeness (QED) is 0.349. The lowest BCUT2D eigenvalue weighted by Gasteiger charge is -2.19. The maximum atomic E-state index is 11.7. The fraction of sp³-hybridized carbons (Fsp3) is 0.682. The first-order valence-electron chi connectivity index (χ1n) is 10.2. The molecule has 2 N–H and O–H groups in total. The number of esters is 1. The summed E-state index contributed by atoms with van der Waals surface area (Å²) in [6.45, 7) is 2.19. The minimum atomic E-state index is -0.587. The maximum absolute atomic E-state index is 11.7. The van der Waals surface area contributed by atoms with Crippen molar-refractivity contribution in [3.8, 4) is 0 Å². The minimum absolute atomic E-state index is 0.119. The van der Waals surface area contributed by atoms with Crippen LogP contribution in [0.5, 0.6) is 0 Å². The van der Waals surface area contributed by atoms with E-state index in [1.54, 1.807) is 12.2 Å². The predicted octanol–water partition coefficient (Wildman–Crippen LogP) is 4.08. The van der Waals surface area contributed by atoms with Crippen molar-refractivity contribution in [1.29, 1.82) is 0 Å². The molecule has 1 aliphatic carbocycles. The molecule has 1 unspecified atom stereocenters. The van der Waals surface area contributed by atoms with E-state index in [2.05, 4.69) is 19.1 Å². The van der Waals surface area contributed by atoms with Gasteiger partial charge in [0.05, 0.1) is 12.2 Å². The first-order chi connectivity index (χ1) is 12.6. The molecule has 1 fully saturated rings. The molecule has 1 heterocycles. The summed E-state index contributed by atoms with van der Waals surface area (Å²) in [6.07, 6.45) is 18.4. The Hall–Kier alpha value is -1.39. The molecule has 0 spiro atoms. The van der Waals surface area contributed by atoms with Gasteiger partial charge in [0.15, 0.2) is 0 Å². The second-order valence-corrected chi connectivity index (χ2v) is 7.48. The summed E-state index contributed by atoms with van der Waals surface area (Å²) in [5.74, 6) is 0.196. The van der Waals surface area contributed by atoms with Crippen LogP contribution in [0.1, 0.15) is 64.7 Å². The highest BCUT2D eigenvalue weighted by atomic mass is 16.5. The summed E-state index contributed by atoms with van der Waals surface area (Å²) >= 11 is 0. The smallest absolute Gasteiger partial charge is 0.306 e. The van der Waals surface area contributed by atoms with E-state index in [4.69, 9.17) is 4.74 Å². The third kappa shape index (κ3) is 7.46. The lowest BCUT2D eigenvalue weighted by molar-refractivity contribution is -0.150. The number of unbranched alkanes of at least 4 members (excludes halogenated alkanes) is 3. The number of allylic oxidation sites excluding steroid dienone is 2. The lowest BCUT2D eigenvalue weighted by Crippen LogP contribution is -2.23. The standard InChI is InChI=1S/C22H34O4/c1-2-3-4-5-6-8-11-17(23)14-15-20(24)18-16-19(18)21-12-9-7-10-13-22(25)26-21/h6-9,14-15,17-21,23-24H,2-5,10-13,16H2,1H3/b8-6-,9-7-,15-14+/t17-,18+,19+,20?,21+/m0/s1. The van der Waals surface area contributed by atoms with Crippen LogP contribution in [0.25, 0.3) is 0 Å². The van der Waals surface area contributed by atoms with Gasteiger partial charge in [0, 0.05) is 18.8 Å². The normalized spacial score (nSPS) is 30.0. The van der Waals surface area contributed by atoms with Gasteiger partial charge in [0.2, 0.25) is 0 Å². The number of ether oxygens (including phenoxy) is 1. The Kier molecular flexibility index (Phi) is 9.13. The summed E-state index contributed by atoms with van der Waals surface area (Å²) < 4.78 is 5.53.